The van der Waals surface area contributed by atoms with E-state index in [4.69, 9.17) is 0 Å². The maximum Gasteiger partial charge on any atom is 0.264 e. The van der Waals surface area contributed by atoms with Gasteiger partial charge in [-0.1, -0.05) is 36.4 Å². The molecular formula is C24H24N2O3S. The first kappa shape index (κ1) is 20.2. The second kappa shape index (κ2) is 7.95. The zero-order valence-electron chi connectivity index (χ0n) is 17.0. The Balaban J connectivity index is 1.62. The van der Waals surface area contributed by atoms with Gasteiger partial charge in [0, 0.05) is 23.8 Å². The van der Waals surface area contributed by atoms with Gasteiger partial charge in [0.1, 0.15) is 0 Å². The third kappa shape index (κ3) is 3.48. The average molecular weight is 421 g/mol. The molecule has 3 aromatic rings. The van der Waals surface area contributed by atoms with Gasteiger partial charge in [0.15, 0.2) is 0 Å². The molecule has 6 heteroatoms. The maximum absolute atomic E-state index is 13.2. The Labute approximate surface area is 177 Å². The zero-order valence-corrected chi connectivity index (χ0v) is 17.8. The molecule has 0 saturated carbocycles. The van der Waals surface area contributed by atoms with Crippen LogP contribution < -0.4 is 9.21 Å². The lowest BCUT2D eigenvalue weighted by molar-refractivity contribution is 0.0981. The Hall–Kier alpha value is -3.12. The van der Waals surface area contributed by atoms with Crippen molar-refractivity contribution < 1.29 is 13.2 Å². The molecule has 0 spiro atoms. The van der Waals surface area contributed by atoms with Crippen molar-refractivity contribution in [3.8, 4) is 0 Å². The highest BCUT2D eigenvalue weighted by Crippen LogP contribution is 2.33. The fourth-order valence-corrected chi connectivity index (χ4v) is 5.49. The number of amides is 1. The molecule has 1 amide bonds. The van der Waals surface area contributed by atoms with E-state index in [0.29, 0.717) is 17.8 Å². The number of carbonyl (C=O) groups excluding carboxylic acids is 1. The number of rotatable bonds is 5. The zero-order chi connectivity index (χ0) is 21.3. The molecule has 0 saturated heterocycles. The number of sulfonamides is 1. The highest BCUT2D eigenvalue weighted by Gasteiger charge is 2.31. The SMILES string of the molecule is CCN(c1ccc(C(=O)N2c3ccccc3C[C@@H]2C)cc1)S(=O)(=O)c1ccccc1. The van der Waals surface area contributed by atoms with Gasteiger partial charge >= 0.3 is 0 Å². The van der Waals surface area contributed by atoms with Crippen LogP contribution in [0.25, 0.3) is 0 Å². The van der Waals surface area contributed by atoms with Gasteiger partial charge in [0.25, 0.3) is 15.9 Å². The van der Waals surface area contributed by atoms with Gasteiger partial charge in [-0.2, -0.15) is 0 Å². The van der Waals surface area contributed by atoms with E-state index in [-0.39, 0.29) is 16.8 Å². The molecule has 1 atom stereocenters. The number of para-hydroxylation sites is 1. The third-order valence-corrected chi connectivity index (χ3v) is 7.36. The van der Waals surface area contributed by atoms with E-state index < -0.39 is 10.0 Å². The van der Waals surface area contributed by atoms with Gasteiger partial charge in [0.2, 0.25) is 0 Å². The van der Waals surface area contributed by atoms with Crippen molar-refractivity contribution in [1.29, 1.82) is 0 Å². The second-order valence-electron chi connectivity index (χ2n) is 7.39. The highest BCUT2D eigenvalue weighted by molar-refractivity contribution is 7.92. The van der Waals surface area contributed by atoms with E-state index in [1.807, 2.05) is 30.0 Å². The molecule has 0 bridgehead atoms. The van der Waals surface area contributed by atoms with Crippen LogP contribution in [0.2, 0.25) is 0 Å². The summed E-state index contributed by atoms with van der Waals surface area (Å²) in [7, 11) is -3.66. The Morgan fingerprint density at radius 2 is 1.60 bits per heavy atom. The van der Waals surface area contributed by atoms with E-state index in [0.717, 1.165) is 12.1 Å². The standard InChI is InChI=1S/C24H24N2O3S/c1-3-25(30(28,29)22-10-5-4-6-11-22)21-15-13-19(14-16-21)24(27)26-18(2)17-20-9-7-8-12-23(20)26/h4-16,18H,3,17H2,1-2H3/t18-/m0/s1. The topological polar surface area (TPSA) is 57.7 Å². The minimum atomic E-state index is -3.66. The van der Waals surface area contributed by atoms with Crippen LogP contribution in [-0.4, -0.2) is 26.9 Å². The van der Waals surface area contributed by atoms with Crippen molar-refractivity contribution in [2.75, 3.05) is 15.7 Å². The van der Waals surface area contributed by atoms with Gasteiger partial charge in [-0.3, -0.25) is 9.10 Å². The van der Waals surface area contributed by atoms with E-state index >= 15 is 0 Å². The largest absolute Gasteiger partial charge is 0.305 e. The van der Waals surface area contributed by atoms with Crippen LogP contribution in [0.15, 0.2) is 83.8 Å². The van der Waals surface area contributed by atoms with Crippen molar-refractivity contribution in [1.82, 2.24) is 0 Å². The summed E-state index contributed by atoms with van der Waals surface area (Å²) in [5.41, 5.74) is 3.19. The molecule has 4 rings (SSSR count). The lowest BCUT2D eigenvalue weighted by atomic mass is 10.1. The van der Waals surface area contributed by atoms with Crippen LogP contribution >= 0.6 is 0 Å². The van der Waals surface area contributed by atoms with Gasteiger partial charge in [0.05, 0.1) is 10.6 Å². The lowest BCUT2D eigenvalue weighted by Gasteiger charge is -2.25. The summed E-state index contributed by atoms with van der Waals surface area (Å²) in [5, 5.41) is 0. The minimum Gasteiger partial charge on any atom is -0.305 e. The Kier molecular flexibility index (Phi) is 5.35. The molecule has 1 aliphatic heterocycles. The predicted octanol–water partition coefficient (Wildman–Crippen LogP) is 4.49. The van der Waals surface area contributed by atoms with Crippen LogP contribution in [0.1, 0.15) is 29.8 Å². The minimum absolute atomic E-state index is 0.0760. The number of anilines is 2. The predicted molar refractivity (Wildman–Crippen MR) is 120 cm³/mol. The van der Waals surface area contributed by atoms with Crippen molar-refractivity contribution in [2.24, 2.45) is 0 Å². The van der Waals surface area contributed by atoms with Gasteiger partial charge in [-0.15, -0.1) is 0 Å². The number of nitrogens with zero attached hydrogens (tertiary/aromatic N) is 2. The van der Waals surface area contributed by atoms with E-state index in [2.05, 4.69) is 6.07 Å². The Bertz CT molecular complexity index is 1160. The molecule has 154 valence electrons. The van der Waals surface area contributed by atoms with Crippen LogP contribution in [-0.2, 0) is 16.4 Å². The van der Waals surface area contributed by atoms with E-state index in [1.54, 1.807) is 61.5 Å². The first-order valence-electron chi connectivity index (χ1n) is 10.0. The first-order valence-corrected chi connectivity index (χ1v) is 11.5. The number of carbonyl (C=O) groups is 1. The van der Waals surface area contributed by atoms with Gasteiger partial charge in [-0.05, 0) is 68.3 Å². The molecule has 0 aliphatic carbocycles. The lowest BCUT2D eigenvalue weighted by Crippen LogP contribution is -2.35. The van der Waals surface area contributed by atoms with E-state index in [9.17, 15) is 13.2 Å². The smallest absolute Gasteiger partial charge is 0.264 e. The quantitative estimate of drug-likeness (QED) is 0.611. The summed E-state index contributed by atoms with van der Waals surface area (Å²) < 4.78 is 27.4. The number of fused-ring (bicyclic) bond motifs is 1. The van der Waals surface area contributed by atoms with Crippen LogP contribution in [0.4, 0.5) is 11.4 Å². The molecule has 0 aromatic heterocycles. The fourth-order valence-electron chi connectivity index (χ4n) is 4.00. The molecule has 3 aromatic carbocycles. The van der Waals surface area contributed by atoms with Crippen molar-refractivity contribution in [3.05, 3.63) is 90.0 Å². The number of hydrogen-bond donors (Lipinski definition) is 0. The summed E-state index contributed by atoms with van der Waals surface area (Å²) in [6, 6.07) is 23.2. The first-order chi connectivity index (χ1) is 14.4. The third-order valence-electron chi connectivity index (χ3n) is 5.45. The normalized spacial score (nSPS) is 15.7. The fraction of sp³-hybridized carbons (Fsp3) is 0.208. The summed E-state index contributed by atoms with van der Waals surface area (Å²) in [5.74, 6) is -0.0760. The molecule has 0 N–H and O–H groups in total. The molecule has 0 radical (unpaired) electrons. The summed E-state index contributed by atoms with van der Waals surface area (Å²) in [6.45, 7) is 4.13. The summed E-state index contributed by atoms with van der Waals surface area (Å²) >= 11 is 0. The molecular weight excluding hydrogens is 396 g/mol. The van der Waals surface area contributed by atoms with Gasteiger partial charge < -0.3 is 4.90 Å². The average Bonchev–Trinajstić information content (AvgIpc) is 3.10. The van der Waals surface area contributed by atoms with Crippen LogP contribution in [0, 0.1) is 0 Å². The molecule has 1 aliphatic rings. The van der Waals surface area contributed by atoms with E-state index in [1.165, 1.54) is 9.87 Å². The van der Waals surface area contributed by atoms with Gasteiger partial charge in [-0.25, -0.2) is 8.42 Å². The molecule has 0 fully saturated rings. The van der Waals surface area contributed by atoms with Crippen molar-refractivity contribution in [2.45, 2.75) is 31.2 Å². The molecule has 1 heterocycles. The summed E-state index contributed by atoms with van der Waals surface area (Å²) in [4.78, 5) is 15.3. The highest BCUT2D eigenvalue weighted by atomic mass is 32.2. The second-order valence-corrected chi connectivity index (χ2v) is 9.25. The maximum atomic E-state index is 13.2. The van der Waals surface area contributed by atoms with Crippen LogP contribution in [0.5, 0.6) is 0 Å². The molecule has 0 unspecified atom stereocenters. The Morgan fingerprint density at radius 1 is 0.967 bits per heavy atom. The van der Waals surface area contributed by atoms with Crippen LogP contribution in [0.3, 0.4) is 0 Å². The molecule has 5 nitrogen and oxygen atoms in total. The number of hydrogen-bond acceptors (Lipinski definition) is 3. The molecule has 30 heavy (non-hydrogen) atoms. The van der Waals surface area contributed by atoms with Crippen molar-refractivity contribution >= 4 is 27.3 Å². The summed E-state index contributed by atoms with van der Waals surface area (Å²) in [6.07, 6.45) is 0.832. The number of benzene rings is 3. The van der Waals surface area contributed by atoms with Crippen molar-refractivity contribution in [3.63, 3.8) is 0 Å². The Morgan fingerprint density at radius 3 is 2.27 bits per heavy atom. The monoisotopic (exact) mass is 420 g/mol.